The van der Waals surface area contributed by atoms with E-state index in [2.05, 4.69) is 50.8 Å². The Kier molecular flexibility index (Phi) is 18.0. The minimum absolute atomic E-state index is 0.00433. The molecule has 9 aromatic heterocycles. The first-order valence-electron chi connectivity index (χ1n) is 26.6. The zero-order valence-electron chi connectivity index (χ0n) is 47.8. The molecule has 26 heteroatoms. The van der Waals surface area contributed by atoms with E-state index in [1.54, 1.807) is 48.5 Å². The first-order chi connectivity index (χ1) is 39.9. The summed E-state index contributed by atoms with van der Waals surface area (Å²) >= 11 is 0. The summed E-state index contributed by atoms with van der Waals surface area (Å²) in [5.74, 6) is 1.40. The molecule has 26 nitrogen and oxygen atoms in total. The quantitative estimate of drug-likeness (QED) is 0.0480. The van der Waals surface area contributed by atoms with Crippen LogP contribution < -0.4 is 23.7 Å². The minimum Gasteiger partial charge on any atom is -0.493 e. The number of rotatable bonds is 25. The maximum absolute atomic E-state index is 12.6. The molecule has 0 N–H and O–H groups in total. The summed E-state index contributed by atoms with van der Waals surface area (Å²) in [6.07, 6.45) is 0. The molecule has 0 aromatic carbocycles. The minimum atomic E-state index is -0.674. The summed E-state index contributed by atoms with van der Waals surface area (Å²) in [7, 11) is 2.51. The monoisotopic (exact) mass is 1140 g/mol. The number of hydrogen-bond donors (Lipinski definition) is 0. The van der Waals surface area contributed by atoms with Gasteiger partial charge in [0.05, 0.1) is 47.3 Å². The van der Waals surface area contributed by atoms with Gasteiger partial charge in [-0.25, -0.2) is 34.5 Å². The van der Waals surface area contributed by atoms with Crippen LogP contribution in [-0.2, 0) is 9.47 Å². The predicted octanol–water partition coefficient (Wildman–Crippen LogP) is 10.3. The van der Waals surface area contributed by atoms with Gasteiger partial charge in [-0.05, 0) is 29.6 Å². The molecule has 0 fully saturated rings. The second-order valence-corrected chi connectivity index (χ2v) is 21.0. The van der Waals surface area contributed by atoms with Crippen molar-refractivity contribution in [2.75, 3.05) is 47.3 Å². The lowest BCUT2D eigenvalue weighted by Crippen LogP contribution is -2.08. The van der Waals surface area contributed by atoms with Crippen LogP contribution in [0.3, 0.4) is 0 Å². The van der Waals surface area contributed by atoms with E-state index in [-0.39, 0.29) is 134 Å². The van der Waals surface area contributed by atoms with Crippen molar-refractivity contribution in [3.63, 3.8) is 0 Å². The Labute approximate surface area is 476 Å². The van der Waals surface area contributed by atoms with Gasteiger partial charge in [0.2, 0.25) is 0 Å². The van der Waals surface area contributed by atoms with Crippen molar-refractivity contribution in [2.45, 2.75) is 69.2 Å². The first kappa shape index (κ1) is 57.9. The lowest BCUT2D eigenvalue weighted by atomic mass is 10.2. The zero-order valence-corrected chi connectivity index (χ0v) is 47.8. The Morgan fingerprint density at radius 1 is 0.313 bits per heavy atom. The molecular weight excluding hydrogens is 1070 g/mol. The normalized spacial score (nSPS) is 11.5. The van der Waals surface area contributed by atoms with Crippen molar-refractivity contribution in [3.05, 3.63) is 72.1 Å². The largest absolute Gasteiger partial charge is 0.493 e. The van der Waals surface area contributed by atoms with Crippen molar-refractivity contribution in [1.82, 2.24) is 65.7 Å². The summed E-state index contributed by atoms with van der Waals surface area (Å²) in [5.41, 5.74) is 1.56. The SMILES string of the molecule is COC(=O)c1cc(OCC(C)C)cc(-c2nnc(-c3cc(OCC(C)C)cc(-c4nnc(-c5cc(OCC(C)C)cc(-c6nnc(-c7cc(OCC(C)C)cc(-c8nnc(-c9cc(OCC(C)C)cc(C(=O)OC)n9)o8)n7)o6)n5)o4)n3)o2)n1. The van der Waals surface area contributed by atoms with Gasteiger partial charge in [0, 0.05) is 60.7 Å². The fourth-order valence-corrected chi connectivity index (χ4v) is 7.27. The summed E-state index contributed by atoms with van der Waals surface area (Å²) < 4.78 is 65.1. The molecule has 9 aromatic rings. The molecule has 0 aliphatic rings. The molecule has 0 saturated carbocycles. The fourth-order valence-electron chi connectivity index (χ4n) is 7.27. The number of esters is 2. The molecule has 0 amide bonds. The van der Waals surface area contributed by atoms with Crippen LogP contribution in [0.25, 0.3) is 92.7 Å². The number of pyridine rings is 5. The van der Waals surface area contributed by atoms with Gasteiger partial charge in [-0.15, -0.1) is 40.8 Å². The highest BCUT2D eigenvalue weighted by atomic mass is 16.5. The number of aromatic nitrogens is 13. The Bertz CT molecular complexity index is 3490. The van der Waals surface area contributed by atoms with Gasteiger partial charge in [0.1, 0.15) is 74.3 Å². The summed E-state index contributed by atoms with van der Waals surface area (Å²) in [6, 6.07) is 16.0. The second kappa shape index (κ2) is 25.8. The van der Waals surface area contributed by atoms with Gasteiger partial charge in [0.25, 0.3) is 47.1 Å². The predicted molar refractivity (Wildman–Crippen MR) is 295 cm³/mol. The topological polar surface area (TPSA) is 319 Å². The molecule has 0 atom stereocenters. The third-order valence-corrected chi connectivity index (χ3v) is 11.2. The van der Waals surface area contributed by atoms with E-state index in [4.69, 9.17) is 65.8 Å². The number of methoxy groups -OCH3 is 2. The van der Waals surface area contributed by atoms with Crippen LogP contribution in [0.4, 0.5) is 0 Å². The van der Waals surface area contributed by atoms with E-state index < -0.39 is 11.9 Å². The van der Waals surface area contributed by atoms with E-state index in [0.717, 1.165) is 0 Å². The fraction of sp³-hybridized carbons (Fsp3) is 0.386. The molecule has 9 rings (SSSR count). The van der Waals surface area contributed by atoms with Crippen molar-refractivity contribution in [3.8, 4) is 121 Å². The highest BCUT2D eigenvalue weighted by Crippen LogP contribution is 2.36. The van der Waals surface area contributed by atoms with Crippen molar-refractivity contribution < 1.29 is 60.4 Å². The third-order valence-electron chi connectivity index (χ3n) is 11.2. The average Bonchev–Trinajstić information content (AvgIpc) is 4.52. The van der Waals surface area contributed by atoms with E-state index in [0.29, 0.717) is 61.8 Å². The number of ether oxygens (including phenoxy) is 7. The highest BCUT2D eigenvalue weighted by Gasteiger charge is 2.25. The average molecular weight is 1140 g/mol. The molecule has 0 spiro atoms. The lowest BCUT2D eigenvalue weighted by molar-refractivity contribution is 0.0585. The van der Waals surface area contributed by atoms with Crippen LogP contribution in [-0.4, -0.2) is 125 Å². The van der Waals surface area contributed by atoms with Crippen molar-refractivity contribution >= 4 is 11.9 Å². The summed E-state index contributed by atoms with van der Waals surface area (Å²) in [6.45, 7) is 21.9. The zero-order chi connectivity index (χ0) is 58.9. The maximum Gasteiger partial charge on any atom is 0.356 e. The molecule has 9 heterocycles. The smallest absolute Gasteiger partial charge is 0.356 e. The van der Waals surface area contributed by atoms with Crippen LogP contribution in [0.15, 0.2) is 78.3 Å². The van der Waals surface area contributed by atoms with Crippen LogP contribution in [0, 0.1) is 29.6 Å². The Hall–Kier alpha value is -9.75. The van der Waals surface area contributed by atoms with Gasteiger partial charge in [-0.3, -0.25) is 0 Å². The summed E-state index contributed by atoms with van der Waals surface area (Å²) in [5, 5.41) is 34.5. The van der Waals surface area contributed by atoms with Gasteiger partial charge in [0.15, 0.2) is 11.4 Å². The van der Waals surface area contributed by atoms with Gasteiger partial charge < -0.3 is 50.8 Å². The molecule has 0 aliphatic carbocycles. The molecule has 432 valence electrons. The van der Waals surface area contributed by atoms with E-state index >= 15 is 0 Å². The Morgan fingerprint density at radius 3 is 0.675 bits per heavy atom. The van der Waals surface area contributed by atoms with Crippen LogP contribution in [0.5, 0.6) is 28.7 Å². The number of carbonyl (C=O) groups is 2. The molecule has 0 aliphatic heterocycles. The van der Waals surface area contributed by atoms with Gasteiger partial charge >= 0.3 is 11.9 Å². The molecule has 83 heavy (non-hydrogen) atoms. The molecule has 0 radical (unpaired) electrons. The number of hydrogen-bond acceptors (Lipinski definition) is 26. The molecule has 0 bridgehead atoms. The van der Waals surface area contributed by atoms with E-state index in [1.165, 1.54) is 26.4 Å². The van der Waals surface area contributed by atoms with Gasteiger partial charge in [-0.1, -0.05) is 69.2 Å². The van der Waals surface area contributed by atoms with Gasteiger partial charge in [-0.2, -0.15) is 0 Å². The highest BCUT2D eigenvalue weighted by molar-refractivity contribution is 5.89. The van der Waals surface area contributed by atoms with Crippen LogP contribution in [0.1, 0.15) is 90.2 Å². The van der Waals surface area contributed by atoms with E-state index in [1.807, 2.05) is 69.2 Å². The van der Waals surface area contributed by atoms with Crippen molar-refractivity contribution in [1.29, 1.82) is 0 Å². The molecule has 0 saturated heterocycles. The number of carbonyl (C=O) groups excluding carboxylic acids is 2. The third kappa shape index (κ3) is 14.8. The number of nitrogens with zero attached hydrogens (tertiary/aromatic N) is 13. The lowest BCUT2D eigenvalue weighted by Gasteiger charge is -2.11. The molecule has 0 unspecified atom stereocenters. The van der Waals surface area contributed by atoms with Crippen LogP contribution in [0.2, 0.25) is 0 Å². The Balaban J connectivity index is 1.04. The summed E-state index contributed by atoms with van der Waals surface area (Å²) in [4.78, 5) is 48.4. The second-order valence-electron chi connectivity index (χ2n) is 21.0. The van der Waals surface area contributed by atoms with E-state index in [9.17, 15) is 9.59 Å². The Morgan fingerprint density at radius 2 is 0.494 bits per heavy atom. The first-order valence-corrected chi connectivity index (χ1v) is 26.6. The molecular formula is C57H61N13O13. The van der Waals surface area contributed by atoms with Crippen molar-refractivity contribution in [2.24, 2.45) is 29.6 Å². The maximum atomic E-state index is 12.6. The van der Waals surface area contributed by atoms with Crippen LogP contribution >= 0.6 is 0 Å². The standard InChI is InChI=1S/C57H61N13O13/c1-28(2)23-75-33-13-38(48-63-65-50(80-48)40-15-34(76-24-29(3)4)17-42(59-40)52-67-69-54(82-52)44-19-36(78-26-31(7)8)21-46(61-44)56(71)73-11)58-39(14-33)49-64-66-51(81-49)41-16-35(77-25-30(5)6)18-43(60-41)53-68-70-55(83-53)45-20-37(79-27-32(9)10)22-47(62-45)57(72)74-12/h13-22,28-32H,23-27H2,1-12H3.